The molecule has 0 aliphatic rings. The van der Waals surface area contributed by atoms with Crippen molar-refractivity contribution in [3.8, 4) is 0 Å². The molecule has 0 unspecified atom stereocenters. The van der Waals surface area contributed by atoms with Crippen LogP contribution in [-0.2, 0) is 9.63 Å². The van der Waals surface area contributed by atoms with Crippen LogP contribution in [-0.4, -0.2) is 18.7 Å². The number of hydrazine groups is 1. The van der Waals surface area contributed by atoms with Gasteiger partial charge in [-0.15, -0.1) is 0 Å². The second kappa shape index (κ2) is 6.32. The van der Waals surface area contributed by atoms with E-state index in [0.717, 1.165) is 0 Å². The van der Waals surface area contributed by atoms with Crippen molar-refractivity contribution < 1.29 is 9.63 Å². The van der Waals surface area contributed by atoms with Crippen LogP contribution in [0.2, 0.25) is 10.0 Å². The SMILES string of the molecule is NNC(=O)CO/N=C\c1ccc(Cl)cc1Cl. The minimum Gasteiger partial charge on any atom is -0.386 e. The molecule has 0 saturated heterocycles. The highest BCUT2D eigenvalue weighted by Gasteiger charge is 1.99. The first kappa shape index (κ1) is 12.8. The van der Waals surface area contributed by atoms with Gasteiger partial charge in [0.2, 0.25) is 0 Å². The van der Waals surface area contributed by atoms with Crippen LogP contribution >= 0.6 is 23.2 Å². The number of carbonyl (C=O) groups is 1. The topological polar surface area (TPSA) is 76.7 Å². The van der Waals surface area contributed by atoms with E-state index >= 15 is 0 Å². The van der Waals surface area contributed by atoms with Gasteiger partial charge >= 0.3 is 0 Å². The minimum atomic E-state index is -0.473. The monoisotopic (exact) mass is 261 g/mol. The normalized spacial score (nSPS) is 10.4. The first-order chi connectivity index (χ1) is 7.63. The molecular weight excluding hydrogens is 253 g/mol. The number of halogens is 2. The number of amides is 1. The largest absolute Gasteiger partial charge is 0.386 e. The van der Waals surface area contributed by atoms with E-state index in [9.17, 15) is 4.79 Å². The smallest absolute Gasteiger partial charge is 0.274 e. The molecule has 0 aromatic heterocycles. The maximum Gasteiger partial charge on any atom is 0.274 e. The average molecular weight is 262 g/mol. The second-order valence-corrected chi connectivity index (χ2v) is 3.58. The van der Waals surface area contributed by atoms with Crippen molar-refractivity contribution in [3.05, 3.63) is 33.8 Å². The molecule has 0 spiro atoms. The fourth-order valence-electron chi connectivity index (χ4n) is 0.838. The van der Waals surface area contributed by atoms with Gasteiger partial charge in [-0.25, -0.2) is 5.84 Å². The van der Waals surface area contributed by atoms with E-state index in [-0.39, 0.29) is 6.61 Å². The number of benzene rings is 1. The van der Waals surface area contributed by atoms with E-state index in [1.165, 1.54) is 6.21 Å². The summed E-state index contributed by atoms with van der Waals surface area (Å²) < 4.78 is 0. The Kier molecular flexibility index (Phi) is 5.04. The second-order valence-electron chi connectivity index (χ2n) is 2.74. The zero-order valence-electron chi connectivity index (χ0n) is 8.11. The summed E-state index contributed by atoms with van der Waals surface area (Å²) in [4.78, 5) is 15.3. The molecule has 1 amide bonds. The van der Waals surface area contributed by atoms with E-state index < -0.39 is 5.91 Å². The van der Waals surface area contributed by atoms with Crippen molar-refractivity contribution in [2.24, 2.45) is 11.0 Å². The Hall–Kier alpha value is -1.30. The highest BCUT2D eigenvalue weighted by Crippen LogP contribution is 2.19. The number of carbonyl (C=O) groups excluding carboxylic acids is 1. The molecule has 0 bridgehead atoms. The third-order valence-electron chi connectivity index (χ3n) is 1.59. The van der Waals surface area contributed by atoms with Gasteiger partial charge in [-0.05, 0) is 12.1 Å². The van der Waals surface area contributed by atoms with Crippen molar-refractivity contribution >= 4 is 35.3 Å². The van der Waals surface area contributed by atoms with Crippen LogP contribution in [0.15, 0.2) is 23.4 Å². The summed E-state index contributed by atoms with van der Waals surface area (Å²) in [6.45, 7) is -0.252. The van der Waals surface area contributed by atoms with Gasteiger partial charge in [0.05, 0.1) is 11.2 Å². The predicted octanol–water partition coefficient (Wildman–Crippen LogP) is 1.33. The Labute approximate surface area is 102 Å². The van der Waals surface area contributed by atoms with Gasteiger partial charge in [-0.1, -0.05) is 34.4 Å². The van der Waals surface area contributed by atoms with Gasteiger partial charge < -0.3 is 4.84 Å². The molecule has 86 valence electrons. The Bertz CT molecular complexity index is 410. The van der Waals surface area contributed by atoms with E-state index in [1.54, 1.807) is 18.2 Å². The molecule has 16 heavy (non-hydrogen) atoms. The molecule has 0 atom stereocenters. The highest BCUT2D eigenvalue weighted by atomic mass is 35.5. The number of oxime groups is 1. The van der Waals surface area contributed by atoms with Crippen molar-refractivity contribution in [2.45, 2.75) is 0 Å². The number of hydrogen-bond donors (Lipinski definition) is 2. The molecule has 0 fully saturated rings. The predicted molar refractivity (Wildman–Crippen MR) is 62.3 cm³/mol. The van der Waals surface area contributed by atoms with Gasteiger partial charge in [-0.3, -0.25) is 10.2 Å². The lowest BCUT2D eigenvalue weighted by atomic mass is 10.2. The van der Waals surface area contributed by atoms with Gasteiger partial charge in [0.25, 0.3) is 5.91 Å². The molecule has 0 aliphatic carbocycles. The van der Waals surface area contributed by atoms with Crippen molar-refractivity contribution in [1.82, 2.24) is 5.43 Å². The van der Waals surface area contributed by atoms with Crippen molar-refractivity contribution in [3.63, 3.8) is 0 Å². The molecule has 1 aromatic rings. The minimum absolute atomic E-state index is 0.252. The molecule has 3 N–H and O–H groups in total. The van der Waals surface area contributed by atoms with Crippen LogP contribution in [0, 0.1) is 0 Å². The van der Waals surface area contributed by atoms with Crippen LogP contribution in [0.3, 0.4) is 0 Å². The van der Waals surface area contributed by atoms with Crippen LogP contribution in [0.5, 0.6) is 0 Å². The molecule has 7 heteroatoms. The summed E-state index contributed by atoms with van der Waals surface area (Å²) in [7, 11) is 0. The van der Waals surface area contributed by atoms with Crippen molar-refractivity contribution in [1.29, 1.82) is 0 Å². The summed E-state index contributed by atoms with van der Waals surface area (Å²) >= 11 is 11.6. The Balaban J connectivity index is 2.53. The lowest BCUT2D eigenvalue weighted by Gasteiger charge is -1.99. The third-order valence-corrected chi connectivity index (χ3v) is 2.15. The summed E-state index contributed by atoms with van der Waals surface area (Å²) in [6.07, 6.45) is 1.38. The van der Waals surface area contributed by atoms with E-state index in [0.29, 0.717) is 15.6 Å². The van der Waals surface area contributed by atoms with Gasteiger partial charge in [-0.2, -0.15) is 0 Å². The fraction of sp³-hybridized carbons (Fsp3) is 0.111. The first-order valence-electron chi connectivity index (χ1n) is 4.23. The molecule has 0 radical (unpaired) electrons. The lowest BCUT2D eigenvalue weighted by molar-refractivity contribution is -0.125. The summed E-state index contributed by atoms with van der Waals surface area (Å²) in [5.74, 6) is 4.37. The molecule has 0 heterocycles. The van der Waals surface area contributed by atoms with Crippen LogP contribution < -0.4 is 11.3 Å². The number of nitrogens with zero attached hydrogens (tertiary/aromatic N) is 1. The van der Waals surface area contributed by atoms with Crippen LogP contribution in [0.1, 0.15) is 5.56 Å². The van der Waals surface area contributed by atoms with Crippen molar-refractivity contribution in [2.75, 3.05) is 6.61 Å². The Morgan fingerprint density at radius 3 is 2.94 bits per heavy atom. The maximum atomic E-state index is 10.7. The average Bonchev–Trinajstić information content (AvgIpc) is 2.26. The number of hydrogen-bond acceptors (Lipinski definition) is 4. The fourth-order valence-corrected chi connectivity index (χ4v) is 1.30. The van der Waals surface area contributed by atoms with Crippen LogP contribution in [0.25, 0.3) is 0 Å². The van der Waals surface area contributed by atoms with Gasteiger partial charge in [0.1, 0.15) is 0 Å². The number of nitrogens with one attached hydrogen (secondary N) is 1. The molecule has 1 rings (SSSR count). The Morgan fingerprint density at radius 2 is 2.31 bits per heavy atom. The van der Waals surface area contributed by atoms with E-state index in [4.69, 9.17) is 29.0 Å². The van der Waals surface area contributed by atoms with E-state index in [1.807, 2.05) is 5.43 Å². The standard InChI is InChI=1S/C9H9Cl2N3O2/c10-7-2-1-6(8(11)3-7)4-13-16-5-9(15)14-12/h1-4H,5,12H2,(H,14,15)/b13-4-. The lowest BCUT2D eigenvalue weighted by Crippen LogP contribution is -2.32. The molecule has 1 aromatic carbocycles. The summed E-state index contributed by atoms with van der Waals surface area (Å²) in [6, 6.07) is 4.93. The molecule has 0 saturated carbocycles. The van der Waals surface area contributed by atoms with Gasteiger partial charge in [0.15, 0.2) is 6.61 Å². The third kappa shape index (κ3) is 4.06. The molecule has 5 nitrogen and oxygen atoms in total. The van der Waals surface area contributed by atoms with Crippen LogP contribution in [0.4, 0.5) is 0 Å². The molecule has 0 aliphatic heterocycles. The van der Waals surface area contributed by atoms with E-state index in [2.05, 4.69) is 9.99 Å². The zero-order valence-corrected chi connectivity index (χ0v) is 9.63. The first-order valence-corrected chi connectivity index (χ1v) is 4.99. The zero-order chi connectivity index (χ0) is 12.0. The highest BCUT2D eigenvalue weighted by molar-refractivity contribution is 6.36. The van der Waals surface area contributed by atoms with Gasteiger partial charge in [0, 0.05) is 10.6 Å². The Morgan fingerprint density at radius 1 is 1.56 bits per heavy atom. The summed E-state index contributed by atoms with van der Waals surface area (Å²) in [5.41, 5.74) is 2.54. The summed E-state index contributed by atoms with van der Waals surface area (Å²) in [5, 5.41) is 4.53. The molecular formula is C9H9Cl2N3O2. The quantitative estimate of drug-likeness (QED) is 0.372. The maximum absolute atomic E-state index is 10.7. The number of rotatable bonds is 4. The number of nitrogens with two attached hydrogens (primary N) is 1.